The van der Waals surface area contributed by atoms with Gasteiger partial charge in [-0.1, -0.05) is 0 Å². The number of aromatic nitrogens is 2. The fourth-order valence-electron chi connectivity index (χ4n) is 3.25. The Hall–Kier alpha value is -2.71. The lowest BCUT2D eigenvalue weighted by atomic mass is 9.92. The van der Waals surface area contributed by atoms with Crippen LogP contribution in [0.15, 0.2) is 6.20 Å². The van der Waals surface area contributed by atoms with Crippen LogP contribution in [0.25, 0.3) is 0 Å². The number of carbonyl (C=O) groups is 3. The van der Waals surface area contributed by atoms with Gasteiger partial charge in [-0.25, -0.2) is 14.8 Å². The van der Waals surface area contributed by atoms with Gasteiger partial charge in [-0.15, -0.1) is 0 Å². The third-order valence-electron chi connectivity index (χ3n) is 4.65. The summed E-state index contributed by atoms with van der Waals surface area (Å²) in [6.07, 6.45) is 4.26. The van der Waals surface area contributed by atoms with Crippen LogP contribution in [0.3, 0.4) is 0 Å². The molecule has 9 heteroatoms. The number of nitrogens with zero attached hydrogens (tertiary/aromatic N) is 4. The Morgan fingerprint density at radius 3 is 2.77 bits per heavy atom. The Labute approximate surface area is 152 Å². The lowest BCUT2D eigenvalue weighted by Gasteiger charge is -2.27. The molecule has 4 amide bonds. The highest BCUT2D eigenvalue weighted by molar-refractivity contribution is 6.08. The summed E-state index contributed by atoms with van der Waals surface area (Å²) in [5.74, 6) is -0.140. The molecule has 1 atom stereocenters. The molecule has 1 aliphatic carbocycles. The van der Waals surface area contributed by atoms with Crippen LogP contribution >= 0.6 is 0 Å². The summed E-state index contributed by atoms with van der Waals surface area (Å²) >= 11 is 0. The Morgan fingerprint density at radius 2 is 2.15 bits per heavy atom. The molecule has 1 aromatic heterocycles. The minimum absolute atomic E-state index is 0.212. The smallest absolute Gasteiger partial charge is 0.325 e. The normalized spacial score (nSPS) is 21.2. The van der Waals surface area contributed by atoms with Crippen LogP contribution in [-0.2, 0) is 16.0 Å². The number of hydrogen-bond donors (Lipinski definition) is 2. The highest BCUT2D eigenvalue weighted by Gasteiger charge is 2.45. The zero-order valence-corrected chi connectivity index (χ0v) is 15.5. The van der Waals surface area contributed by atoms with Crippen LogP contribution in [0, 0.1) is 0 Å². The first-order valence-corrected chi connectivity index (χ1v) is 8.65. The molecular formula is C17H24N6O3. The van der Waals surface area contributed by atoms with E-state index in [0.29, 0.717) is 5.95 Å². The van der Waals surface area contributed by atoms with E-state index >= 15 is 0 Å². The molecule has 0 saturated carbocycles. The number of fused-ring (bicyclic) bond motifs is 1. The maximum atomic E-state index is 12.4. The van der Waals surface area contributed by atoms with Crippen molar-refractivity contribution >= 4 is 23.8 Å². The fourth-order valence-corrected chi connectivity index (χ4v) is 3.25. The number of hydrogen-bond acceptors (Lipinski definition) is 6. The molecule has 0 bridgehead atoms. The monoisotopic (exact) mass is 360 g/mol. The first-order valence-electron chi connectivity index (χ1n) is 8.65. The number of imide groups is 1. The van der Waals surface area contributed by atoms with Crippen molar-refractivity contribution in [1.29, 1.82) is 0 Å². The van der Waals surface area contributed by atoms with Crippen LogP contribution in [0.2, 0.25) is 0 Å². The van der Waals surface area contributed by atoms with Gasteiger partial charge >= 0.3 is 6.03 Å². The van der Waals surface area contributed by atoms with E-state index in [1.165, 1.54) is 0 Å². The van der Waals surface area contributed by atoms with Crippen molar-refractivity contribution in [3.63, 3.8) is 0 Å². The van der Waals surface area contributed by atoms with Gasteiger partial charge < -0.3 is 15.5 Å². The van der Waals surface area contributed by atoms with Gasteiger partial charge in [0.25, 0.3) is 5.91 Å². The summed E-state index contributed by atoms with van der Waals surface area (Å²) in [4.78, 5) is 48.2. The second-order valence-electron chi connectivity index (χ2n) is 7.43. The van der Waals surface area contributed by atoms with Crippen molar-refractivity contribution in [2.75, 3.05) is 25.5 Å². The SMILES string of the molecule is CN(C)c1ncc2c(n1)CCC[C@H]2NC(=O)CN1C(=O)NC(C)(C)C1=O. The van der Waals surface area contributed by atoms with Crippen LogP contribution in [0.1, 0.15) is 44.0 Å². The first-order chi connectivity index (χ1) is 12.2. The van der Waals surface area contributed by atoms with Gasteiger partial charge in [0, 0.05) is 25.9 Å². The lowest BCUT2D eigenvalue weighted by molar-refractivity contribution is -0.134. The average Bonchev–Trinajstić information content (AvgIpc) is 2.76. The van der Waals surface area contributed by atoms with Gasteiger partial charge in [0.1, 0.15) is 12.1 Å². The van der Waals surface area contributed by atoms with Crippen LogP contribution in [0.5, 0.6) is 0 Å². The molecule has 1 fully saturated rings. The Bertz CT molecular complexity index is 761. The summed E-state index contributed by atoms with van der Waals surface area (Å²) in [6.45, 7) is 2.93. The zero-order valence-electron chi connectivity index (χ0n) is 15.5. The van der Waals surface area contributed by atoms with Crippen molar-refractivity contribution in [2.24, 2.45) is 0 Å². The second-order valence-corrected chi connectivity index (χ2v) is 7.43. The molecular weight excluding hydrogens is 336 g/mol. The Kier molecular flexibility index (Phi) is 4.55. The molecule has 1 aromatic rings. The van der Waals surface area contributed by atoms with Crippen molar-refractivity contribution in [1.82, 2.24) is 25.5 Å². The topological polar surface area (TPSA) is 108 Å². The van der Waals surface area contributed by atoms with E-state index in [1.807, 2.05) is 19.0 Å². The molecule has 2 aliphatic rings. The summed E-state index contributed by atoms with van der Waals surface area (Å²) in [6, 6.07) is -0.755. The molecule has 2 heterocycles. The van der Waals surface area contributed by atoms with Gasteiger partial charge in [0.05, 0.1) is 11.7 Å². The third kappa shape index (κ3) is 3.33. The minimum Gasteiger partial charge on any atom is -0.348 e. The van der Waals surface area contributed by atoms with Crippen LogP contribution in [0.4, 0.5) is 10.7 Å². The van der Waals surface area contributed by atoms with Crippen molar-refractivity contribution < 1.29 is 14.4 Å². The molecule has 1 aliphatic heterocycles. The van der Waals surface area contributed by atoms with Crippen molar-refractivity contribution in [3.05, 3.63) is 17.5 Å². The van der Waals surface area contributed by atoms with E-state index in [1.54, 1.807) is 20.0 Å². The third-order valence-corrected chi connectivity index (χ3v) is 4.65. The Balaban J connectivity index is 1.70. The van der Waals surface area contributed by atoms with Crippen LogP contribution < -0.4 is 15.5 Å². The van der Waals surface area contributed by atoms with E-state index in [2.05, 4.69) is 20.6 Å². The Morgan fingerprint density at radius 1 is 1.42 bits per heavy atom. The molecule has 1 saturated heterocycles. The van der Waals surface area contributed by atoms with Gasteiger partial charge in [0.2, 0.25) is 11.9 Å². The van der Waals surface area contributed by atoms with E-state index in [4.69, 9.17) is 0 Å². The van der Waals surface area contributed by atoms with E-state index in [9.17, 15) is 14.4 Å². The average molecular weight is 360 g/mol. The molecule has 0 radical (unpaired) electrons. The molecule has 2 N–H and O–H groups in total. The molecule has 26 heavy (non-hydrogen) atoms. The second kappa shape index (κ2) is 6.54. The largest absolute Gasteiger partial charge is 0.348 e. The van der Waals surface area contributed by atoms with Gasteiger partial charge in [-0.05, 0) is 33.1 Å². The highest BCUT2D eigenvalue weighted by atomic mass is 16.2. The van der Waals surface area contributed by atoms with E-state index < -0.39 is 17.5 Å². The summed E-state index contributed by atoms with van der Waals surface area (Å²) < 4.78 is 0. The van der Waals surface area contributed by atoms with Gasteiger partial charge in [-0.3, -0.25) is 14.5 Å². The van der Waals surface area contributed by atoms with E-state index in [-0.39, 0.29) is 18.5 Å². The standard InChI is InChI=1S/C17H24N6O3/c1-17(2)14(25)23(16(26)21-17)9-13(24)19-11-6-5-7-12-10(11)8-18-15(20-12)22(3)4/h8,11H,5-7,9H2,1-4H3,(H,19,24)(H,21,26)/t11-/m1/s1. The molecule has 140 valence electrons. The lowest BCUT2D eigenvalue weighted by Crippen LogP contribution is -2.44. The number of rotatable bonds is 4. The highest BCUT2D eigenvalue weighted by Crippen LogP contribution is 2.29. The number of nitrogens with one attached hydrogen (secondary N) is 2. The summed E-state index contributed by atoms with van der Waals surface area (Å²) in [5, 5.41) is 5.48. The quantitative estimate of drug-likeness (QED) is 0.751. The fraction of sp³-hybridized carbons (Fsp3) is 0.588. The maximum Gasteiger partial charge on any atom is 0.325 e. The van der Waals surface area contributed by atoms with Crippen molar-refractivity contribution in [2.45, 2.75) is 44.7 Å². The number of aryl methyl sites for hydroxylation is 1. The number of anilines is 1. The molecule has 0 aromatic carbocycles. The number of carbonyl (C=O) groups excluding carboxylic acids is 3. The minimum atomic E-state index is -0.981. The first kappa shape index (κ1) is 18.1. The van der Waals surface area contributed by atoms with Gasteiger partial charge in [0.15, 0.2) is 0 Å². The van der Waals surface area contributed by atoms with Crippen LogP contribution in [-0.4, -0.2) is 58.9 Å². The van der Waals surface area contributed by atoms with Gasteiger partial charge in [-0.2, -0.15) is 0 Å². The predicted molar refractivity (Wildman–Crippen MR) is 94.5 cm³/mol. The van der Waals surface area contributed by atoms with Crippen molar-refractivity contribution in [3.8, 4) is 0 Å². The number of amides is 4. The predicted octanol–water partition coefficient (Wildman–Crippen LogP) is 0.367. The number of urea groups is 1. The summed E-state index contributed by atoms with van der Waals surface area (Å²) in [7, 11) is 3.76. The summed E-state index contributed by atoms with van der Waals surface area (Å²) in [5.41, 5.74) is 0.842. The molecule has 0 unspecified atom stereocenters. The molecule has 3 rings (SSSR count). The molecule has 0 spiro atoms. The molecule has 9 nitrogen and oxygen atoms in total. The maximum absolute atomic E-state index is 12.4. The van der Waals surface area contributed by atoms with E-state index in [0.717, 1.165) is 35.4 Å². The zero-order chi connectivity index (χ0) is 19.1.